The summed E-state index contributed by atoms with van der Waals surface area (Å²) in [5.74, 6) is -0.264. The topological polar surface area (TPSA) is 58.2 Å². The van der Waals surface area contributed by atoms with Crippen molar-refractivity contribution in [3.8, 4) is 0 Å². The fraction of sp³-hybridized carbons (Fsp3) is 0.429. The van der Waals surface area contributed by atoms with Crippen LogP contribution in [0.5, 0.6) is 0 Å². The molecule has 0 aromatic heterocycles. The van der Waals surface area contributed by atoms with Crippen LogP contribution in [0.1, 0.15) is 26.3 Å². The van der Waals surface area contributed by atoms with Gasteiger partial charge in [0.15, 0.2) is 0 Å². The maximum atomic E-state index is 11.5. The Balaban J connectivity index is 2.52. The van der Waals surface area contributed by atoms with Gasteiger partial charge in [-0.2, -0.15) is 0 Å². The Morgan fingerprint density at radius 1 is 1.11 bits per heavy atom. The number of benzene rings is 1. The van der Waals surface area contributed by atoms with Gasteiger partial charge in [0.2, 0.25) is 11.8 Å². The van der Waals surface area contributed by atoms with E-state index in [1.807, 2.05) is 38.1 Å². The predicted molar refractivity (Wildman–Crippen MR) is 77.1 cm³/mol. The summed E-state index contributed by atoms with van der Waals surface area (Å²) in [5, 5.41) is 4.99. The standard InChI is InChI=1S/C14H19ClN2O2/c1-9(2)13(18)17-12-6-4-11(5-7-12)8-16-14(19)10(3)15/h4-7,9-10H,8H2,1-3H3,(H,16,19)(H,17,18). The van der Waals surface area contributed by atoms with E-state index in [9.17, 15) is 9.59 Å². The minimum Gasteiger partial charge on any atom is -0.351 e. The molecule has 0 aliphatic carbocycles. The van der Waals surface area contributed by atoms with Gasteiger partial charge in [0, 0.05) is 18.2 Å². The van der Waals surface area contributed by atoms with Crippen molar-refractivity contribution in [1.82, 2.24) is 5.32 Å². The number of anilines is 1. The van der Waals surface area contributed by atoms with Crippen LogP contribution in [-0.4, -0.2) is 17.2 Å². The lowest BCUT2D eigenvalue weighted by Crippen LogP contribution is -2.29. The second-order valence-corrected chi connectivity index (χ2v) is 5.33. The van der Waals surface area contributed by atoms with Crippen LogP contribution in [0.3, 0.4) is 0 Å². The van der Waals surface area contributed by atoms with Crippen LogP contribution in [-0.2, 0) is 16.1 Å². The molecule has 1 rings (SSSR count). The molecule has 1 aromatic rings. The zero-order chi connectivity index (χ0) is 14.4. The van der Waals surface area contributed by atoms with Crippen LogP contribution in [0.25, 0.3) is 0 Å². The van der Waals surface area contributed by atoms with E-state index in [1.165, 1.54) is 0 Å². The van der Waals surface area contributed by atoms with E-state index < -0.39 is 5.38 Å². The highest BCUT2D eigenvalue weighted by Gasteiger charge is 2.09. The monoisotopic (exact) mass is 282 g/mol. The Morgan fingerprint density at radius 3 is 2.16 bits per heavy atom. The van der Waals surface area contributed by atoms with Crippen molar-refractivity contribution in [2.45, 2.75) is 32.7 Å². The molecule has 0 saturated heterocycles. The Hall–Kier alpha value is -1.55. The van der Waals surface area contributed by atoms with E-state index in [1.54, 1.807) is 6.92 Å². The van der Waals surface area contributed by atoms with Crippen LogP contribution in [0.2, 0.25) is 0 Å². The molecule has 0 aliphatic heterocycles. The Bertz CT molecular complexity index is 441. The first kappa shape index (κ1) is 15.5. The van der Waals surface area contributed by atoms with Crippen molar-refractivity contribution < 1.29 is 9.59 Å². The molecule has 4 nitrogen and oxygen atoms in total. The zero-order valence-electron chi connectivity index (χ0n) is 11.4. The molecule has 104 valence electrons. The first-order chi connectivity index (χ1) is 8.90. The lowest BCUT2D eigenvalue weighted by Gasteiger charge is -2.09. The van der Waals surface area contributed by atoms with Gasteiger partial charge < -0.3 is 10.6 Å². The quantitative estimate of drug-likeness (QED) is 0.816. The second kappa shape index (κ2) is 7.14. The molecular weight excluding hydrogens is 264 g/mol. The van der Waals surface area contributed by atoms with Crippen molar-refractivity contribution in [2.75, 3.05) is 5.32 Å². The molecule has 2 N–H and O–H groups in total. The summed E-state index contributed by atoms with van der Waals surface area (Å²) in [6, 6.07) is 7.34. The molecule has 2 amide bonds. The van der Waals surface area contributed by atoms with E-state index in [-0.39, 0.29) is 17.7 Å². The smallest absolute Gasteiger partial charge is 0.238 e. The van der Waals surface area contributed by atoms with Gasteiger partial charge >= 0.3 is 0 Å². The number of halogens is 1. The summed E-state index contributed by atoms with van der Waals surface area (Å²) in [4.78, 5) is 22.8. The third-order valence-corrected chi connectivity index (χ3v) is 2.77. The molecule has 0 fully saturated rings. The molecule has 5 heteroatoms. The van der Waals surface area contributed by atoms with E-state index in [2.05, 4.69) is 10.6 Å². The summed E-state index contributed by atoms with van der Waals surface area (Å²) < 4.78 is 0. The predicted octanol–water partition coefficient (Wildman–Crippen LogP) is 2.52. The largest absolute Gasteiger partial charge is 0.351 e. The molecule has 0 saturated carbocycles. The first-order valence-corrected chi connectivity index (χ1v) is 6.65. The average Bonchev–Trinajstić information content (AvgIpc) is 2.37. The number of amides is 2. The van der Waals surface area contributed by atoms with Crippen LogP contribution in [0.15, 0.2) is 24.3 Å². The maximum absolute atomic E-state index is 11.5. The second-order valence-electron chi connectivity index (χ2n) is 4.67. The van der Waals surface area contributed by atoms with Gasteiger partial charge in [-0.05, 0) is 24.6 Å². The van der Waals surface area contributed by atoms with E-state index in [0.29, 0.717) is 6.54 Å². The molecule has 0 heterocycles. The minimum absolute atomic E-state index is 0.0167. The molecule has 1 aromatic carbocycles. The van der Waals surface area contributed by atoms with Crippen LogP contribution >= 0.6 is 11.6 Å². The number of carbonyl (C=O) groups excluding carboxylic acids is 2. The average molecular weight is 283 g/mol. The van der Waals surface area contributed by atoms with Gasteiger partial charge in [-0.25, -0.2) is 0 Å². The van der Waals surface area contributed by atoms with Crippen LogP contribution in [0.4, 0.5) is 5.69 Å². The van der Waals surface area contributed by atoms with Gasteiger partial charge in [-0.3, -0.25) is 9.59 Å². The van der Waals surface area contributed by atoms with Gasteiger partial charge in [0.05, 0.1) is 0 Å². The fourth-order valence-corrected chi connectivity index (χ4v) is 1.40. The van der Waals surface area contributed by atoms with Crippen molar-refractivity contribution >= 4 is 29.1 Å². The lowest BCUT2D eigenvalue weighted by atomic mass is 10.1. The minimum atomic E-state index is -0.537. The molecule has 0 aliphatic rings. The van der Waals surface area contributed by atoms with Gasteiger partial charge in [0.1, 0.15) is 5.38 Å². The SMILES string of the molecule is CC(C)C(=O)Nc1ccc(CNC(=O)C(C)Cl)cc1. The third-order valence-electron chi connectivity index (χ3n) is 2.57. The molecule has 19 heavy (non-hydrogen) atoms. The lowest BCUT2D eigenvalue weighted by molar-refractivity contribution is -0.120. The molecule has 1 atom stereocenters. The van der Waals surface area contributed by atoms with Crippen LogP contribution in [0, 0.1) is 5.92 Å². The van der Waals surface area contributed by atoms with E-state index in [0.717, 1.165) is 11.3 Å². The number of hydrogen-bond acceptors (Lipinski definition) is 2. The van der Waals surface area contributed by atoms with Gasteiger partial charge in [-0.1, -0.05) is 26.0 Å². The summed E-state index contributed by atoms with van der Waals surface area (Å²) in [5.41, 5.74) is 1.70. The summed E-state index contributed by atoms with van der Waals surface area (Å²) in [6.07, 6.45) is 0. The highest BCUT2D eigenvalue weighted by atomic mass is 35.5. The first-order valence-electron chi connectivity index (χ1n) is 6.21. The molecule has 0 radical (unpaired) electrons. The summed E-state index contributed by atoms with van der Waals surface area (Å²) >= 11 is 5.65. The Morgan fingerprint density at radius 2 is 1.68 bits per heavy atom. The van der Waals surface area contributed by atoms with E-state index in [4.69, 9.17) is 11.6 Å². The summed E-state index contributed by atoms with van der Waals surface area (Å²) in [7, 11) is 0. The van der Waals surface area contributed by atoms with Gasteiger partial charge in [0.25, 0.3) is 0 Å². The van der Waals surface area contributed by atoms with Gasteiger partial charge in [-0.15, -0.1) is 11.6 Å². The summed E-state index contributed by atoms with van der Waals surface area (Å²) in [6.45, 7) is 5.73. The van der Waals surface area contributed by atoms with Crippen molar-refractivity contribution in [1.29, 1.82) is 0 Å². The maximum Gasteiger partial charge on any atom is 0.238 e. The number of carbonyl (C=O) groups is 2. The number of rotatable bonds is 5. The Labute approximate surface area is 118 Å². The molecular formula is C14H19ClN2O2. The van der Waals surface area contributed by atoms with Crippen molar-refractivity contribution in [2.24, 2.45) is 5.92 Å². The molecule has 1 unspecified atom stereocenters. The van der Waals surface area contributed by atoms with E-state index >= 15 is 0 Å². The third kappa shape index (κ3) is 5.30. The fourth-order valence-electron chi connectivity index (χ4n) is 1.32. The molecule has 0 spiro atoms. The normalized spacial score (nSPS) is 12.1. The highest BCUT2D eigenvalue weighted by molar-refractivity contribution is 6.30. The number of alkyl halides is 1. The zero-order valence-corrected chi connectivity index (χ0v) is 12.1. The number of nitrogens with one attached hydrogen (secondary N) is 2. The molecule has 0 bridgehead atoms. The Kier molecular flexibility index (Phi) is 5.83. The van der Waals surface area contributed by atoms with Crippen molar-refractivity contribution in [3.05, 3.63) is 29.8 Å². The van der Waals surface area contributed by atoms with Crippen LogP contribution < -0.4 is 10.6 Å². The van der Waals surface area contributed by atoms with Crippen molar-refractivity contribution in [3.63, 3.8) is 0 Å². The number of hydrogen-bond donors (Lipinski definition) is 2. The highest BCUT2D eigenvalue weighted by Crippen LogP contribution is 2.11.